The number of aliphatic hydroxyl groups is 2. The first-order chi connectivity index (χ1) is 11.2. The van der Waals surface area contributed by atoms with E-state index in [9.17, 15) is 9.90 Å². The summed E-state index contributed by atoms with van der Waals surface area (Å²) in [5, 5.41) is 24.9. The van der Waals surface area contributed by atoms with Crippen molar-refractivity contribution in [3.05, 3.63) is 30.1 Å². The lowest BCUT2D eigenvalue weighted by Gasteiger charge is -2.28. The van der Waals surface area contributed by atoms with E-state index in [2.05, 4.69) is 15.6 Å². The predicted molar refractivity (Wildman–Crippen MR) is 86.1 cm³/mol. The summed E-state index contributed by atoms with van der Waals surface area (Å²) < 4.78 is 1.85. The third kappa shape index (κ3) is 3.52. The molecule has 1 aromatic carbocycles. The number of β-amino-alcohol motifs (C(OH)–C–C–N with tert-alkyl or cyclic N) is 1. The zero-order chi connectivity index (χ0) is 16.2. The monoisotopic (exact) mass is 318 g/mol. The first-order valence-electron chi connectivity index (χ1n) is 7.92. The van der Waals surface area contributed by atoms with Gasteiger partial charge in [0, 0.05) is 31.1 Å². The number of carbonyl (C=O) groups excluding carboxylic acids is 1. The molecule has 1 fully saturated rings. The predicted octanol–water partition coefficient (Wildman–Crippen LogP) is -0.271. The lowest BCUT2D eigenvalue weighted by atomic mass is 9.95. The van der Waals surface area contributed by atoms with Crippen LogP contribution >= 0.6 is 0 Å². The third-order valence-corrected chi connectivity index (χ3v) is 4.34. The second kappa shape index (κ2) is 7.08. The maximum Gasteiger partial charge on any atom is 0.251 e. The van der Waals surface area contributed by atoms with Gasteiger partial charge in [-0.2, -0.15) is 0 Å². The summed E-state index contributed by atoms with van der Waals surface area (Å²) in [6.07, 6.45) is 2.10. The van der Waals surface area contributed by atoms with E-state index in [1.165, 1.54) is 0 Å². The van der Waals surface area contributed by atoms with Crippen LogP contribution in [0.3, 0.4) is 0 Å². The van der Waals surface area contributed by atoms with Crippen LogP contribution in [0, 0.1) is 5.92 Å². The van der Waals surface area contributed by atoms with Gasteiger partial charge in [0.1, 0.15) is 0 Å². The number of carbonyl (C=O) groups is 1. The van der Waals surface area contributed by atoms with Crippen LogP contribution < -0.4 is 10.6 Å². The van der Waals surface area contributed by atoms with Crippen LogP contribution in [0.15, 0.2) is 24.5 Å². The molecule has 3 rings (SSSR count). The van der Waals surface area contributed by atoms with Crippen molar-refractivity contribution in [2.75, 3.05) is 26.2 Å². The van der Waals surface area contributed by atoms with Crippen LogP contribution in [-0.2, 0) is 6.54 Å². The molecular formula is C16H22N4O3. The average Bonchev–Trinajstić information content (AvgIpc) is 2.96. The molecule has 0 saturated carbocycles. The molecule has 2 atom stereocenters. The van der Waals surface area contributed by atoms with Crippen LogP contribution in [0.2, 0.25) is 0 Å². The van der Waals surface area contributed by atoms with Crippen molar-refractivity contribution < 1.29 is 15.0 Å². The molecule has 0 unspecified atom stereocenters. The Balaban J connectivity index is 1.66. The fraction of sp³-hybridized carbons (Fsp3) is 0.500. The minimum Gasteiger partial charge on any atom is -0.395 e. The quantitative estimate of drug-likeness (QED) is 0.608. The molecule has 23 heavy (non-hydrogen) atoms. The Morgan fingerprint density at radius 2 is 2.35 bits per heavy atom. The van der Waals surface area contributed by atoms with E-state index in [1.54, 1.807) is 18.5 Å². The number of nitrogens with zero attached hydrogens (tertiary/aromatic N) is 2. The van der Waals surface area contributed by atoms with E-state index in [-0.39, 0.29) is 18.4 Å². The Morgan fingerprint density at radius 1 is 1.48 bits per heavy atom. The van der Waals surface area contributed by atoms with Crippen molar-refractivity contribution in [3.63, 3.8) is 0 Å². The van der Waals surface area contributed by atoms with Crippen molar-refractivity contribution in [2.24, 2.45) is 5.92 Å². The van der Waals surface area contributed by atoms with Gasteiger partial charge >= 0.3 is 0 Å². The molecule has 7 nitrogen and oxygen atoms in total. The Kier molecular flexibility index (Phi) is 4.90. The highest BCUT2D eigenvalue weighted by Crippen LogP contribution is 2.16. The maximum atomic E-state index is 12.3. The van der Waals surface area contributed by atoms with Gasteiger partial charge in [0.2, 0.25) is 0 Å². The summed E-state index contributed by atoms with van der Waals surface area (Å²) in [6, 6.07) is 5.34. The van der Waals surface area contributed by atoms with E-state index in [0.29, 0.717) is 25.2 Å². The maximum absolute atomic E-state index is 12.3. The average molecular weight is 318 g/mol. The molecule has 1 aliphatic heterocycles. The standard InChI is InChI=1S/C16H22N4O3/c21-6-5-20-10-19-13-7-11(1-2-14(13)20)16(23)18-8-12-3-4-17-9-15(12)22/h1-2,7,10,12,15,17,21-22H,3-6,8-9H2,(H,18,23)/t12-,15+/m0/s1. The van der Waals surface area contributed by atoms with Crippen molar-refractivity contribution in [1.82, 2.24) is 20.2 Å². The summed E-state index contributed by atoms with van der Waals surface area (Å²) in [4.78, 5) is 16.6. The molecule has 0 spiro atoms. The highest BCUT2D eigenvalue weighted by Gasteiger charge is 2.23. The number of amides is 1. The second-order valence-electron chi connectivity index (χ2n) is 5.90. The number of hydrogen-bond donors (Lipinski definition) is 4. The van der Waals surface area contributed by atoms with E-state index >= 15 is 0 Å². The highest BCUT2D eigenvalue weighted by molar-refractivity contribution is 5.97. The Labute approximate surface area is 134 Å². The fourth-order valence-electron chi connectivity index (χ4n) is 2.95. The SMILES string of the molecule is O=C(NC[C@@H]1CCNC[C@H]1O)c1ccc2c(c1)ncn2CCO. The van der Waals surface area contributed by atoms with Gasteiger partial charge < -0.3 is 25.4 Å². The lowest BCUT2D eigenvalue weighted by Crippen LogP contribution is -2.45. The number of aliphatic hydroxyl groups excluding tert-OH is 2. The lowest BCUT2D eigenvalue weighted by molar-refractivity contribution is 0.0753. The highest BCUT2D eigenvalue weighted by atomic mass is 16.3. The van der Waals surface area contributed by atoms with Gasteiger partial charge in [-0.1, -0.05) is 0 Å². The van der Waals surface area contributed by atoms with Crippen molar-refractivity contribution in [2.45, 2.75) is 19.1 Å². The normalized spacial score (nSPS) is 21.5. The molecular weight excluding hydrogens is 296 g/mol. The van der Waals surface area contributed by atoms with E-state index < -0.39 is 6.10 Å². The summed E-state index contributed by atoms with van der Waals surface area (Å²) >= 11 is 0. The number of benzene rings is 1. The molecule has 1 amide bonds. The zero-order valence-corrected chi connectivity index (χ0v) is 12.9. The van der Waals surface area contributed by atoms with Gasteiger partial charge in [-0.15, -0.1) is 0 Å². The summed E-state index contributed by atoms with van der Waals surface area (Å²) in [5.74, 6) is -0.0676. The van der Waals surface area contributed by atoms with Crippen molar-refractivity contribution in [3.8, 4) is 0 Å². The fourth-order valence-corrected chi connectivity index (χ4v) is 2.95. The first-order valence-corrected chi connectivity index (χ1v) is 7.92. The molecule has 7 heteroatoms. The van der Waals surface area contributed by atoms with E-state index in [1.807, 2.05) is 10.6 Å². The third-order valence-electron chi connectivity index (χ3n) is 4.34. The van der Waals surface area contributed by atoms with Crippen molar-refractivity contribution >= 4 is 16.9 Å². The number of nitrogens with one attached hydrogen (secondary N) is 2. The molecule has 1 aliphatic rings. The number of aromatic nitrogens is 2. The van der Waals surface area contributed by atoms with E-state index in [4.69, 9.17) is 5.11 Å². The minimum absolute atomic E-state index is 0.0479. The van der Waals surface area contributed by atoms with Crippen LogP contribution in [0.1, 0.15) is 16.8 Å². The second-order valence-corrected chi connectivity index (χ2v) is 5.90. The van der Waals surface area contributed by atoms with Gasteiger partial charge in [-0.05, 0) is 31.2 Å². The topological polar surface area (TPSA) is 99.4 Å². The van der Waals surface area contributed by atoms with Gasteiger partial charge in [-0.3, -0.25) is 4.79 Å². The number of rotatable bonds is 5. The van der Waals surface area contributed by atoms with Crippen LogP contribution in [0.5, 0.6) is 0 Å². The zero-order valence-electron chi connectivity index (χ0n) is 12.9. The number of hydrogen-bond acceptors (Lipinski definition) is 5. The molecule has 124 valence electrons. The van der Waals surface area contributed by atoms with Crippen LogP contribution in [0.25, 0.3) is 11.0 Å². The molecule has 4 N–H and O–H groups in total. The molecule has 0 aliphatic carbocycles. The number of imidazole rings is 1. The molecule has 2 heterocycles. The van der Waals surface area contributed by atoms with Gasteiger partial charge in [0.05, 0.1) is 30.1 Å². The Bertz CT molecular complexity index is 685. The molecule has 2 aromatic rings. The minimum atomic E-state index is -0.416. The summed E-state index contributed by atoms with van der Waals surface area (Å²) in [7, 11) is 0. The number of fused-ring (bicyclic) bond motifs is 1. The summed E-state index contributed by atoms with van der Waals surface area (Å²) in [5.41, 5.74) is 2.17. The summed E-state index contributed by atoms with van der Waals surface area (Å²) in [6.45, 7) is 2.45. The van der Waals surface area contributed by atoms with E-state index in [0.717, 1.165) is 24.0 Å². The first kappa shape index (κ1) is 15.9. The molecule has 1 aromatic heterocycles. The van der Waals surface area contributed by atoms with Gasteiger partial charge in [0.25, 0.3) is 5.91 Å². The smallest absolute Gasteiger partial charge is 0.251 e. The molecule has 0 radical (unpaired) electrons. The van der Waals surface area contributed by atoms with Crippen LogP contribution in [0.4, 0.5) is 0 Å². The van der Waals surface area contributed by atoms with Gasteiger partial charge in [-0.25, -0.2) is 4.98 Å². The Hall–Kier alpha value is -1.96. The van der Waals surface area contributed by atoms with Crippen LogP contribution in [-0.4, -0.2) is 58.0 Å². The largest absolute Gasteiger partial charge is 0.395 e. The Morgan fingerprint density at radius 3 is 3.13 bits per heavy atom. The number of piperidine rings is 1. The molecule has 0 bridgehead atoms. The van der Waals surface area contributed by atoms with Gasteiger partial charge in [0.15, 0.2) is 0 Å². The van der Waals surface area contributed by atoms with Crippen molar-refractivity contribution in [1.29, 1.82) is 0 Å². The molecule has 1 saturated heterocycles.